The van der Waals surface area contributed by atoms with E-state index in [1.807, 2.05) is 6.92 Å². The maximum absolute atomic E-state index is 10.5. The minimum Gasteiger partial charge on any atom is -0.481 e. The zero-order valence-electron chi connectivity index (χ0n) is 5.39. The van der Waals surface area contributed by atoms with E-state index in [0.717, 1.165) is 17.9 Å². The van der Waals surface area contributed by atoms with Gasteiger partial charge in [-0.25, -0.2) is 0 Å². The molecule has 1 unspecified atom stereocenters. The lowest BCUT2D eigenvalue weighted by Gasteiger charge is -2.14. The summed E-state index contributed by atoms with van der Waals surface area (Å²) in [5.74, 6) is 1.14. The van der Waals surface area contributed by atoms with Gasteiger partial charge in [0.2, 0.25) is 0 Å². The fraction of sp³-hybridized carbons (Fsp3) is 0.833. The molecular weight excluding hydrogens is 136 g/mol. The highest BCUT2D eigenvalue weighted by molar-refractivity contribution is 7.99. The first kappa shape index (κ1) is 6.93. The maximum atomic E-state index is 10.5. The lowest BCUT2D eigenvalue weighted by atomic mass is 9.91. The van der Waals surface area contributed by atoms with Gasteiger partial charge in [0, 0.05) is 5.75 Å². The SMILES string of the molecule is CC1(C(=O)O)CCSC1. The Hall–Kier alpha value is -0.180. The summed E-state index contributed by atoms with van der Waals surface area (Å²) in [5.41, 5.74) is -0.426. The highest BCUT2D eigenvalue weighted by atomic mass is 32.2. The largest absolute Gasteiger partial charge is 0.481 e. The summed E-state index contributed by atoms with van der Waals surface area (Å²) in [6.07, 6.45) is 0.826. The molecule has 1 N–H and O–H groups in total. The molecule has 52 valence electrons. The van der Waals surface area contributed by atoms with Gasteiger partial charge in [-0.15, -0.1) is 0 Å². The fourth-order valence-electron chi connectivity index (χ4n) is 0.836. The van der Waals surface area contributed by atoms with Crippen LogP contribution in [-0.2, 0) is 4.79 Å². The molecule has 0 aromatic heterocycles. The molecule has 9 heavy (non-hydrogen) atoms. The Morgan fingerprint density at radius 1 is 1.78 bits per heavy atom. The molecule has 0 amide bonds. The van der Waals surface area contributed by atoms with Gasteiger partial charge < -0.3 is 5.11 Å². The second-order valence-corrected chi connectivity index (χ2v) is 3.77. The van der Waals surface area contributed by atoms with Crippen LogP contribution in [0.15, 0.2) is 0 Å². The van der Waals surface area contributed by atoms with E-state index in [9.17, 15) is 4.79 Å². The molecule has 0 saturated carbocycles. The molecule has 0 bridgehead atoms. The third kappa shape index (κ3) is 1.21. The number of carboxylic acid groups (broad SMARTS) is 1. The summed E-state index contributed by atoms with van der Waals surface area (Å²) in [5, 5.41) is 8.66. The van der Waals surface area contributed by atoms with Crippen LogP contribution in [0.3, 0.4) is 0 Å². The van der Waals surface area contributed by atoms with E-state index < -0.39 is 11.4 Å². The molecule has 0 aromatic carbocycles. The summed E-state index contributed by atoms with van der Waals surface area (Å²) < 4.78 is 0. The predicted molar refractivity (Wildman–Crippen MR) is 37.7 cm³/mol. The minimum absolute atomic E-state index is 0.426. The van der Waals surface area contributed by atoms with Gasteiger partial charge in [0.15, 0.2) is 0 Å². The predicted octanol–water partition coefficient (Wildman–Crippen LogP) is 1.21. The van der Waals surface area contributed by atoms with Crippen LogP contribution < -0.4 is 0 Å². The third-order valence-corrected chi connectivity index (χ3v) is 3.07. The number of aliphatic carboxylic acids is 1. The minimum atomic E-state index is -0.646. The van der Waals surface area contributed by atoms with Crippen molar-refractivity contribution in [3.8, 4) is 0 Å². The van der Waals surface area contributed by atoms with Gasteiger partial charge in [0.05, 0.1) is 5.41 Å². The highest BCUT2D eigenvalue weighted by Crippen LogP contribution is 2.35. The van der Waals surface area contributed by atoms with Crippen LogP contribution >= 0.6 is 11.8 Å². The number of thioether (sulfide) groups is 1. The number of carbonyl (C=O) groups is 1. The van der Waals surface area contributed by atoms with E-state index in [1.54, 1.807) is 11.8 Å². The summed E-state index contributed by atoms with van der Waals surface area (Å²) in [6.45, 7) is 1.81. The van der Waals surface area contributed by atoms with Crippen molar-refractivity contribution in [2.75, 3.05) is 11.5 Å². The van der Waals surface area contributed by atoms with Crippen LogP contribution in [-0.4, -0.2) is 22.6 Å². The second-order valence-electron chi connectivity index (χ2n) is 2.67. The topological polar surface area (TPSA) is 37.3 Å². The molecular formula is C6H10O2S. The molecule has 1 aliphatic heterocycles. The Balaban J connectivity index is 2.61. The van der Waals surface area contributed by atoms with Gasteiger partial charge in [-0.1, -0.05) is 0 Å². The zero-order valence-corrected chi connectivity index (χ0v) is 6.20. The molecule has 1 fully saturated rings. The van der Waals surface area contributed by atoms with Crippen molar-refractivity contribution < 1.29 is 9.90 Å². The molecule has 1 heterocycles. The molecule has 1 rings (SSSR count). The van der Waals surface area contributed by atoms with Crippen molar-refractivity contribution in [1.29, 1.82) is 0 Å². The first-order valence-corrected chi connectivity index (χ1v) is 4.12. The Morgan fingerprint density at radius 2 is 2.44 bits per heavy atom. The molecule has 0 spiro atoms. The van der Waals surface area contributed by atoms with Crippen LogP contribution in [0.5, 0.6) is 0 Å². The Bertz CT molecular complexity index is 127. The monoisotopic (exact) mass is 146 g/mol. The van der Waals surface area contributed by atoms with Gasteiger partial charge in [0.1, 0.15) is 0 Å². The number of hydrogen-bond donors (Lipinski definition) is 1. The molecule has 1 saturated heterocycles. The lowest BCUT2D eigenvalue weighted by molar-refractivity contribution is -0.146. The molecule has 0 aromatic rings. The summed E-state index contributed by atoms with van der Waals surface area (Å²) in [6, 6.07) is 0. The fourth-order valence-corrected chi connectivity index (χ4v) is 2.29. The van der Waals surface area contributed by atoms with E-state index >= 15 is 0 Å². The van der Waals surface area contributed by atoms with Gasteiger partial charge in [-0.3, -0.25) is 4.79 Å². The van der Waals surface area contributed by atoms with Crippen LogP contribution in [0, 0.1) is 5.41 Å². The number of rotatable bonds is 1. The molecule has 3 heteroatoms. The summed E-state index contributed by atoms with van der Waals surface area (Å²) >= 11 is 1.73. The summed E-state index contributed by atoms with van der Waals surface area (Å²) in [7, 11) is 0. The van der Waals surface area contributed by atoms with Gasteiger partial charge in [0.25, 0.3) is 0 Å². The standard InChI is InChI=1S/C6H10O2S/c1-6(5(7)8)2-3-9-4-6/h2-4H2,1H3,(H,7,8). The van der Waals surface area contributed by atoms with E-state index in [4.69, 9.17) is 5.11 Å². The van der Waals surface area contributed by atoms with Crippen molar-refractivity contribution >= 4 is 17.7 Å². The average molecular weight is 146 g/mol. The second kappa shape index (κ2) is 2.21. The summed E-state index contributed by atoms with van der Waals surface area (Å²) in [4.78, 5) is 10.5. The molecule has 1 atom stereocenters. The van der Waals surface area contributed by atoms with E-state index in [1.165, 1.54) is 0 Å². The molecule has 1 aliphatic rings. The smallest absolute Gasteiger partial charge is 0.310 e. The van der Waals surface area contributed by atoms with Crippen LogP contribution in [0.2, 0.25) is 0 Å². The first-order chi connectivity index (χ1) is 4.15. The Morgan fingerprint density at radius 3 is 2.67 bits per heavy atom. The quantitative estimate of drug-likeness (QED) is 0.604. The van der Waals surface area contributed by atoms with Crippen LogP contribution in [0.1, 0.15) is 13.3 Å². The molecule has 0 aliphatic carbocycles. The van der Waals surface area contributed by atoms with Gasteiger partial charge >= 0.3 is 5.97 Å². The Kier molecular flexibility index (Phi) is 1.70. The molecule has 2 nitrogen and oxygen atoms in total. The van der Waals surface area contributed by atoms with E-state index in [0.29, 0.717) is 0 Å². The first-order valence-electron chi connectivity index (χ1n) is 2.96. The van der Waals surface area contributed by atoms with E-state index in [2.05, 4.69) is 0 Å². The highest BCUT2D eigenvalue weighted by Gasteiger charge is 2.36. The Labute approximate surface area is 58.6 Å². The third-order valence-electron chi connectivity index (χ3n) is 1.74. The van der Waals surface area contributed by atoms with Crippen molar-refractivity contribution in [3.63, 3.8) is 0 Å². The van der Waals surface area contributed by atoms with E-state index in [-0.39, 0.29) is 0 Å². The van der Waals surface area contributed by atoms with Crippen LogP contribution in [0.25, 0.3) is 0 Å². The van der Waals surface area contributed by atoms with Crippen molar-refractivity contribution in [1.82, 2.24) is 0 Å². The normalized spacial score (nSPS) is 34.8. The number of carboxylic acids is 1. The van der Waals surface area contributed by atoms with Crippen molar-refractivity contribution in [2.45, 2.75) is 13.3 Å². The zero-order chi connectivity index (χ0) is 6.91. The van der Waals surface area contributed by atoms with Crippen molar-refractivity contribution in [2.24, 2.45) is 5.41 Å². The van der Waals surface area contributed by atoms with Gasteiger partial charge in [-0.2, -0.15) is 11.8 Å². The number of hydrogen-bond acceptors (Lipinski definition) is 2. The average Bonchev–Trinajstić information content (AvgIpc) is 2.16. The maximum Gasteiger partial charge on any atom is 0.310 e. The lowest BCUT2D eigenvalue weighted by Crippen LogP contribution is -2.26. The molecule has 0 radical (unpaired) electrons. The van der Waals surface area contributed by atoms with Crippen LogP contribution in [0.4, 0.5) is 0 Å². The van der Waals surface area contributed by atoms with Crippen molar-refractivity contribution in [3.05, 3.63) is 0 Å². The van der Waals surface area contributed by atoms with Gasteiger partial charge in [-0.05, 0) is 19.1 Å².